The number of thiophene rings is 1. The van der Waals surface area contributed by atoms with Crippen molar-refractivity contribution in [1.82, 2.24) is 5.43 Å². The number of aryl methyl sites for hydroxylation is 2. The van der Waals surface area contributed by atoms with Crippen molar-refractivity contribution in [3.05, 3.63) is 70.1 Å². The van der Waals surface area contributed by atoms with Gasteiger partial charge in [-0.15, -0.1) is 11.3 Å². The highest BCUT2D eigenvalue weighted by Crippen LogP contribution is 2.33. The molecule has 0 saturated carbocycles. The fourth-order valence-electron chi connectivity index (χ4n) is 2.66. The van der Waals surface area contributed by atoms with Crippen LogP contribution >= 0.6 is 11.3 Å². The van der Waals surface area contributed by atoms with Crippen molar-refractivity contribution >= 4 is 21.4 Å². The molecule has 0 radical (unpaired) electrons. The topological polar surface area (TPSA) is 38.0 Å². The standard InChI is InChI=1S/C17H18N2S/c1-11-7-12(2)9-14(8-11)17(19-18)16-10-13-5-3-4-6-15(13)20-16/h3-10,17,19H,18H2,1-2H3. The molecule has 3 rings (SSSR count). The van der Waals surface area contributed by atoms with Crippen molar-refractivity contribution in [3.8, 4) is 0 Å². The largest absolute Gasteiger partial charge is 0.271 e. The van der Waals surface area contributed by atoms with Crippen LogP contribution < -0.4 is 11.3 Å². The molecule has 0 aliphatic heterocycles. The average molecular weight is 282 g/mol. The molecule has 0 amide bonds. The summed E-state index contributed by atoms with van der Waals surface area (Å²) in [7, 11) is 0. The van der Waals surface area contributed by atoms with Gasteiger partial charge in [-0.2, -0.15) is 0 Å². The summed E-state index contributed by atoms with van der Waals surface area (Å²) in [5.74, 6) is 5.82. The van der Waals surface area contributed by atoms with E-state index >= 15 is 0 Å². The summed E-state index contributed by atoms with van der Waals surface area (Å²) in [5.41, 5.74) is 6.71. The van der Waals surface area contributed by atoms with Gasteiger partial charge in [0.15, 0.2) is 0 Å². The second-order valence-corrected chi connectivity index (χ2v) is 6.32. The number of fused-ring (bicyclic) bond motifs is 1. The van der Waals surface area contributed by atoms with Gasteiger partial charge in [-0.05, 0) is 36.9 Å². The van der Waals surface area contributed by atoms with E-state index in [0.717, 1.165) is 0 Å². The van der Waals surface area contributed by atoms with E-state index < -0.39 is 0 Å². The van der Waals surface area contributed by atoms with Crippen LogP contribution in [-0.2, 0) is 0 Å². The lowest BCUT2D eigenvalue weighted by molar-refractivity contribution is 0.646. The number of hydrazine groups is 1. The Hall–Kier alpha value is -1.68. The third-order valence-electron chi connectivity index (χ3n) is 3.47. The molecule has 102 valence electrons. The number of hydrogen-bond acceptors (Lipinski definition) is 3. The lowest BCUT2D eigenvalue weighted by Crippen LogP contribution is -2.28. The molecule has 0 saturated heterocycles. The summed E-state index contributed by atoms with van der Waals surface area (Å²) in [5, 5.41) is 1.28. The zero-order valence-electron chi connectivity index (χ0n) is 11.7. The van der Waals surface area contributed by atoms with Crippen LogP contribution in [0.1, 0.15) is 27.6 Å². The minimum Gasteiger partial charge on any atom is -0.271 e. The molecule has 0 bridgehead atoms. The molecular weight excluding hydrogens is 264 g/mol. The molecule has 20 heavy (non-hydrogen) atoms. The molecule has 1 heterocycles. The van der Waals surface area contributed by atoms with Crippen molar-refractivity contribution in [3.63, 3.8) is 0 Å². The fourth-order valence-corrected chi connectivity index (χ4v) is 3.82. The maximum Gasteiger partial charge on any atom is 0.0803 e. The maximum atomic E-state index is 5.82. The van der Waals surface area contributed by atoms with Crippen LogP contribution in [0.3, 0.4) is 0 Å². The summed E-state index contributed by atoms with van der Waals surface area (Å²) in [4.78, 5) is 1.25. The lowest BCUT2D eigenvalue weighted by Gasteiger charge is -2.16. The van der Waals surface area contributed by atoms with Gasteiger partial charge < -0.3 is 0 Å². The maximum absolute atomic E-state index is 5.82. The molecule has 2 aromatic carbocycles. The van der Waals surface area contributed by atoms with E-state index in [2.05, 4.69) is 67.8 Å². The Labute approximate surface area is 123 Å². The molecule has 0 aliphatic carbocycles. The third-order valence-corrected chi connectivity index (χ3v) is 4.65. The van der Waals surface area contributed by atoms with Crippen LogP contribution in [0.15, 0.2) is 48.5 Å². The SMILES string of the molecule is Cc1cc(C)cc(C(NN)c2cc3ccccc3s2)c1. The predicted molar refractivity (Wildman–Crippen MR) is 86.9 cm³/mol. The second kappa shape index (κ2) is 5.37. The molecule has 0 aliphatic rings. The van der Waals surface area contributed by atoms with Crippen LogP contribution in [0.2, 0.25) is 0 Å². The summed E-state index contributed by atoms with van der Waals surface area (Å²) in [6.45, 7) is 4.24. The van der Waals surface area contributed by atoms with Crippen LogP contribution in [0, 0.1) is 13.8 Å². The lowest BCUT2D eigenvalue weighted by atomic mass is 10.0. The van der Waals surface area contributed by atoms with Crippen molar-refractivity contribution in [2.45, 2.75) is 19.9 Å². The minimum absolute atomic E-state index is 0.0472. The molecule has 3 aromatic rings. The van der Waals surface area contributed by atoms with Crippen molar-refractivity contribution in [2.24, 2.45) is 5.84 Å². The van der Waals surface area contributed by atoms with E-state index in [0.29, 0.717) is 0 Å². The molecule has 0 fully saturated rings. The summed E-state index contributed by atoms with van der Waals surface area (Å²) in [6.07, 6.45) is 0. The highest BCUT2D eigenvalue weighted by atomic mass is 32.1. The van der Waals surface area contributed by atoms with Gasteiger partial charge in [-0.25, -0.2) is 5.43 Å². The van der Waals surface area contributed by atoms with Gasteiger partial charge in [0.2, 0.25) is 0 Å². The van der Waals surface area contributed by atoms with E-state index in [1.165, 1.54) is 31.7 Å². The van der Waals surface area contributed by atoms with Crippen LogP contribution in [0.5, 0.6) is 0 Å². The minimum atomic E-state index is 0.0472. The predicted octanol–water partition coefficient (Wildman–Crippen LogP) is 4.07. The van der Waals surface area contributed by atoms with Crippen molar-refractivity contribution in [2.75, 3.05) is 0 Å². The van der Waals surface area contributed by atoms with Crippen molar-refractivity contribution in [1.29, 1.82) is 0 Å². The quantitative estimate of drug-likeness (QED) is 0.561. The number of nitrogens with one attached hydrogen (secondary N) is 1. The van der Waals surface area contributed by atoms with E-state index in [1.807, 2.05) is 0 Å². The van der Waals surface area contributed by atoms with Gasteiger partial charge in [0, 0.05) is 9.58 Å². The first-order valence-electron chi connectivity index (χ1n) is 6.70. The van der Waals surface area contributed by atoms with Gasteiger partial charge in [0.25, 0.3) is 0 Å². The van der Waals surface area contributed by atoms with Gasteiger partial charge in [0.05, 0.1) is 6.04 Å². The molecule has 3 heteroatoms. The molecule has 1 aromatic heterocycles. The van der Waals surface area contributed by atoms with Crippen LogP contribution in [0.25, 0.3) is 10.1 Å². The normalized spacial score (nSPS) is 12.8. The Morgan fingerprint density at radius 2 is 1.70 bits per heavy atom. The molecular formula is C17H18N2S. The molecule has 2 nitrogen and oxygen atoms in total. The van der Waals surface area contributed by atoms with E-state index in [9.17, 15) is 0 Å². The Bertz CT molecular complexity index is 692. The van der Waals surface area contributed by atoms with Gasteiger partial charge in [-0.3, -0.25) is 5.84 Å². The first kappa shape index (κ1) is 13.3. The zero-order chi connectivity index (χ0) is 14.1. The molecule has 1 unspecified atom stereocenters. The Morgan fingerprint density at radius 1 is 1.00 bits per heavy atom. The average Bonchev–Trinajstić information content (AvgIpc) is 2.81. The number of rotatable bonds is 3. The summed E-state index contributed by atoms with van der Waals surface area (Å²) < 4.78 is 1.30. The van der Waals surface area contributed by atoms with Crippen LogP contribution in [0.4, 0.5) is 0 Å². The Morgan fingerprint density at radius 3 is 2.35 bits per heavy atom. The molecule has 0 spiro atoms. The molecule has 3 N–H and O–H groups in total. The summed E-state index contributed by atoms with van der Waals surface area (Å²) in [6, 6.07) is 17.3. The first-order chi connectivity index (χ1) is 9.67. The van der Waals surface area contributed by atoms with Crippen molar-refractivity contribution < 1.29 is 0 Å². The van der Waals surface area contributed by atoms with Gasteiger partial charge >= 0.3 is 0 Å². The smallest absolute Gasteiger partial charge is 0.0803 e. The van der Waals surface area contributed by atoms with E-state index in [4.69, 9.17) is 5.84 Å². The Balaban J connectivity index is 2.08. The number of nitrogens with two attached hydrogens (primary N) is 1. The summed E-state index contributed by atoms with van der Waals surface area (Å²) >= 11 is 1.79. The van der Waals surface area contributed by atoms with Gasteiger partial charge in [-0.1, -0.05) is 47.5 Å². The monoisotopic (exact) mass is 282 g/mol. The van der Waals surface area contributed by atoms with Gasteiger partial charge in [0.1, 0.15) is 0 Å². The third kappa shape index (κ3) is 2.48. The highest BCUT2D eigenvalue weighted by Gasteiger charge is 2.15. The first-order valence-corrected chi connectivity index (χ1v) is 7.52. The van der Waals surface area contributed by atoms with Crippen LogP contribution in [-0.4, -0.2) is 0 Å². The second-order valence-electron chi connectivity index (χ2n) is 5.21. The number of hydrogen-bond donors (Lipinski definition) is 2. The number of benzene rings is 2. The van der Waals surface area contributed by atoms with E-state index in [1.54, 1.807) is 11.3 Å². The van der Waals surface area contributed by atoms with E-state index in [-0.39, 0.29) is 6.04 Å². The molecule has 1 atom stereocenters. The highest BCUT2D eigenvalue weighted by molar-refractivity contribution is 7.19. The fraction of sp³-hybridized carbons (Fsp3) is 0.176. The zero-order valence-corrected chi connectivity index (χ0v) is 12.5. The Kier molecular flexibility index (Phi) is 3.57.